The minimum absolute atomic E-state index is 0.360. The van der Waals surface area contributed by atoms with Gasteiger partial charge in [0.15, 0.2) is 0 Å². The number of nitrogens with zero attached hydrogens (tertiary/aromatic N) is 1. The third kappa shape index (κ3) is 3.36. The lowest BCUT2D eigenvalue weighted by atomic mass is 10.0. The molecule has 0 saturated carbocycles. The number of anilines is 1. The second kappa shape index (κ2) is 7.49. The number of hydrogen-bond donors (Lipinski definition) is 0. The van der Waals surface area contributed by atoms with Gasteiger partial charge in [0, 0.05) is 12.2 Å². The second-order valence-corrected chi connectivity index (χ2v) is 6.59. The highest BCUT2D eigenvalue weighted by molar-refractivity contribution is 5.62. The maximum atomic E-state index is 5.31. The summed E-state index contributed by atoms with van der Waals surface area (Å²) in [4.78, 5) is 2.50. The van der Waals surface area contributed by atoms with Crippen molar-refractivity contribution in [1.29, 1.82) is 0 Å². The smallest absolute Gasteiger partial charge is 0.118 e. The molecule has 0 amide bonds. The molecular weight excluding hydrogens is 318 g/mol. The fraction of sp³-hybridized carbons (Fsp3) is 0.167. The summed E-state index contributed by atoms with van der Waals surface area (Å²) in [5.41, 5.74) is 5.32. The standard InChI is InChI=1S/C24H23NO/c1-26-22-15-13-20(14-16-22)24-18-21-11-5-6-12-23(21)25(24)17-7-10-19-8-3-2-4-9-19/h2-16,24H,17-18H2,1H3/b10-7+/t24-/m1/s1. The Hall–Kier alpha value is -3.00. The quantitative estimate of drug-likeness (QED) is 0.606. The van der Waals surface area contributed by atoms with Gasteiger partial charge in [0.25, 0.3) is 0 Å². The predicted octanol–water partition coefficient (Wildman–Crippen LogP) is 5.51. The van der Waals surface area contributed by atoms with Crippen LogP contribution in [0, 0.1) is 0 Å². The predicted molar refractivity (Wildman–Crippen MR) is 109 cm³/mol. The van der Waals surface area contributed by atoms with E-state index in [4.69, 9.17) is 4.74 Å². The summed E-state index contributed by atoms with van der Waals surface area (Å²) in [7, 11) is 1.71. The van der Waals surface area contributed by atoms with Crippen molar-refractivity contribution >= 4 is 11.8 Å². The molecule has 2 nitrogen and oxygen atoms in total. The highest BCUT2D eigenvalue weighted by Crippen LogP contribution is 2.40. The first-order valence-electron chi connectivity index (χ1n) is 9.05. The largest absolute Gasteiger partial charge is 0.497 e. The van der Waals surface area contributed by atoms with E-state index in [1.54, 1.807) is 7.11 Å². The molecule has 0 radical (unpaired) electrons. The van der Waals surface area contributed by atoms with Gasteiger partial charge in [-0.15, -0.1) is 0 Å². The molecule has 3 aromatic rings. The van der Waals surface area contributed by atoms with Gasteiger partial charge in [-0.05, 0) is 41.3 Å². The molecule has 0 fully saturated rings. The maximum Gasteiger partial charge on any atom is 0.118 e. The van der Waals surface area contributed by atoms with Gasteiger partial charge >= 0.3 is 0 Å². The van der Waals surface area contributed by atoms with Crippen LogP contribution in [0.4, 0.5) is 5.69 Å². The van der Waals surface area contributed by atoms with Crippen molar-refractivity contribution in [3.8, 4) is 5.75 Å². The van der Waals surface area contributed by atoms with Crippen LogP contribution in [-0.2, 0) is 6.42 Å². The summed E-state index contributed by atoms with van der Waals surface area (Å²) in [5.74, 6) is 0.903. The molecule has 0 aromatic heterocycles. The Morgan fingerprint density at radius 3 is 2.42 bits per heavy atom. The third-order valence-corrected chi connectivity index (χ3v) is 5.00. The summed E-state index contributed by atoms with van der Waals surface area (Å²) < 4.78 is 5.31. The highest BCUT2D eigenvalue weighted by Gasteiger charge is 2.29. The van der Waals surface area contributed by atoms with Crippen LogP contribution >= 0.6 is 0 Å². The van der Waals surface area contributed by atoms with Gasteiger partial charge in [-0.25, -0.2) is 0 Å². The molecule has 3 aromatic carbocycles. The van der Waals surface area contributed by atoms with Gasteiger partial charge in [-0.3, -0.25) is 0 Å². The van der Waals surface area contributed by atoms with Crippen molar-refractivity contribution in [2.75, 3.05) is 18.6 Å². The number of fused-ring (bicyclic) bond motifs is 1. The maximum absolute atomic E-state index is 5.31. The zero-order valence-electron chi connectivity index (χ0n) is 15.0. The lowest BCUT2D eigenvalue weighted by molar-refractivity contribution is 0.414. The summed E-state index contributed by atoms with van der Waals surface area (Å²) >= 11 is 0. The Morgan fingerprint density at radius 1 is 0.923 bits per heavy atom. The molecular formula is C24H23NO. The van der Waals surface area contributed by atoms with E-state index in [-0.39, 0.29) is 0 Å². The normalized spacial score (nSPS) is 16.0. The Bertz CT molecular complexity index is 884. The molecule has 0 saturated heterocycles. The lowest BCUT2D eigenvalue weighted by Crippen LogP contribution is -2.25. The van der Waals surface area contributed by atoms with E-state index in [1.165, 1.54) is 22.4 Å². The molecule has 1 atom stereocenters. The average molecular weight is 341 g/mol. The molecule has 1 aliphatic rings. The molecule has 0 unspecified atom stereocenters. The first-order valence-corrected chi connectivity index (χ1v) is 9.05. The second-order valence-electron chi connectivity index (χ2n) is 6.59. The van der Waals surface area contributed by atoms with Gasteiger partial charge in [-0.1, -0.05) is 72.8 Å². The number of para-hydroxylation sites is 1. The zero-order valence-corrected chi connectivity index (χ0v) is 15.0. The molecule has 26 heavy (non-hydrogen) atoms. The molecule has 0 bridgehead atoms. The van der Waals surface area contributed by atoms with Crippen molar-refractivity contribution in [2.45, 2.75) is 12.5 Å². The van der Waals surface area contributed by atoms with Crippen molar-refractivity contribution in [1.82, 2.24) is 0 Å². The fourth-order valence-electron chi connectivity index (χ4n) is 3.67. The number of hydrogen-bond acceptors (Lipinski definition) is 2. The fourth-order valence-corrected chi connectivity index (χ4v) is 3.67. The first-order chi connectivity index (χ1) is 12.8. The summed E-state index contributed by atoms with van der Waals surface area (Å²) in [6.45, 7) is 0.891. The number of rotatable bonds is 5. The number of benzene rings is 3. The van der Waals surface area contributed by atoms with Crippen LogP contribution in [-0.4, -0.2) is 13.7 Å². The summed E-state index contributed by atoms with van der Waals surface area (Å²) in [6, 6.07) is 28.0. The van der Waals surface area contributed by atoms with Gasteiger partial charge in [0.05, 0.1) is 13.2 Å². The summed E-state index contributed by atoms with van der Waals surface area (Å²) in [6.07, 6.45) is 5.50. The highest BCUT2D eigenvalue weighted by atomic mass is 16.5. The first kappa shape index (κ1) is 16.5. The number of ether oxygens (including phenoxy) is 1. The third-order valence-electron chi connectivity index (χ3n) is 5.00. The molecule has 0 spiro atoms. The van der Waals surface area contributed by atoms with E-state index in [9.17, 15) is 0 Å². The van der Waals surface area contributed by atoms with Crippen LogP contribution in [0.2, 0.25) is 0 Å². The monoisotopic (exact) mass is 341 g/mol. The van der Waals surface area contributed by atoms with Crippen molar-refractivity contribution in [3.05, 3.63) is 102 Å². The Balaban J connectivity index is 1.59. The van der Waals surface area contributed by atoms with Crippen LogP contribution < -0.4 is 9.64 Å². The molecule has 1 heterocycles. The SMILES string of the molecule is COc1ccc([C@H]2Cc3ccccc3N2C/C=C/c2ccccc2)cc1. The van der Waals surface area contributed by atoms with Crippen molar-refractivity contribution in [2.24, 2.45) is 0 Å². The van der Waals surface area contributed by atoms with Crippen LogP contribution in [0.25, 0.3) is 6.08 Å². The van der Waals surface area contributed by atoms with E-state index < -0.39 is 0 Å². The van der Waals surface area contributed by atoms with Crippen molar-refractivity contribution in [3.63, 3.8) is 0 Å². The van der Waals surface area contributed by atoms with E-state index in [2.05, 4.69) is 89.8 Å². The van der Waals surface area contributed by atoms with Gasteiger partial charge < -0.3 is 9.64 Å². The lowest BCUT2D eigenvalue weighted by Gasteiger charge is -2.27. The minimum atomic E-state index is 0.360. The van der Waals surface area contributed by atoms with E-state index in [1.807, 2.05) is 6.07 Å². The van der Waals surface area contributed by atoms with Gasteiger partial charge in [-0.2, -0.15) is 0 Å². The van der Waals surface area contributed by atoms with E-state index >= 15 is 0 Å². The summed E-state index contributed by atoms with van der Waals surface area (Å²) in [5, 5.41) is 0. The molecule has 130 valence electrons. The van der Waals surface area contributed by atoms with Crippen LogP contribution in [0.15, 0.2) is 84.9 Å². The van der Waals surface area contributed by atoms with E-state index in [0.29, 0.717) is 6.04 Å². The average Bonchev–Trinajstić information content (AvgIpc) is 3.08. The Kier molecular flexibility index (Phi) is 4.74. The van der Waals surface area contributed by atoms with Gasteiger partial charge in [0.1, 0.15) is 5.75 Å². The molecule has 4 rings (SSSR count). The molecule has 0 aliphatic carbocycles. The molecule has 0 N–H and O–H groups in total. The Morgan fingerprint density at radius 2 is 1.65 bits per heavy atom. The van der Waals surface area contributed by atoms with Crippen LogP contribution in [0.3, 0.4) is 0 Å². The zero-order chi connectivity index (χ0) is 17.8. The molecule has 1 aliphatic heterocycles. The van der Waals surface area contributed by atoms with Crippen LogP contribution in [0.5, 0.6) is 5.75 Å². The Labute approximate surface area is 155 Å². The topological polar surface area (TPSA) is 12.5 Å². The van der Waals surface area contributed by atoms with Crippen LogP contribution in [0.1, 0.15) is 22.7 Å². The molecule has 2 heteroatoms. The van der Waals surface area contributed by atoms with E-state index in [0.717, 1.165) is 18.7 Å². The van der Waals surface area contributed by atoms with Crippen molar-refractivity contribution < 1.29 is 4.74 Å². The minimum Gasteiger partial charge on any atom is -0.497 e. The van der Waals surface area contributed by atoms with Gasteiger partial charge in [0.2, 0.25) is 0 Å². The number of methoxy groups -OCH3 is 1.